The van der Waals surface area contributed by atoms with Gasteiger partial charge >= 0.3 is 0 Å². The Hall–Kier alpha value is -1.10. The Morgan fingerprint density at radius 1 is 1.21 bits per heavy atom. The summed E-state index contributed by atoms with van der Waals surface area (Å²) < 4.78 is 1.02. The van der Waals surface area contributed by atoms with Crippen LogP contribution in [0.3, 0.4) is 0 Å². The van der Waals surface area contributed by atoms with Crippen LogP contribution in [0.25, 0.3) is 0 Å². The molecule has 1 aromatic heterocycles. The molecule has 0 bridgehead atoms. The lowest BCUT2D eigenvalue weighted by Crippen LogP contribution is -2.45. The molecule has 102 valence electrons. The van der Waals surface area contributed by atoms with Crippen LogP contribution in [0.1, 0.15) is 25.7 Å². The van der Waals surface area contributed by atoms with Gasteiger partial charge in [0.05, 0.1) is 11.9 Å². The molecule has 0 radical (unpaired) electrons. The normalized spacial score (nSPS) is 21.2. The van der Waals surface area contributed by atoms with Crippen molar-refractivity contribution in [3.63, 3.8) is 0 Å². The maximum absolute atomic E-state index is 11.8. The lowest BCUT2D eigenvalue weighted by atomic mass is 10.0. The molecule has 3 heterocycles. The molecular formula is C14H18BrN3O. The van der Waals surface area contributed by atoms with Crippen LogP contribution in [0.2, 0.25) is 0 Å². The summed E-state index contributed by atoms with van der Waals surface area (Å²) in [5, 5.41) is 0. The van der Waals surface area contributed by atoms with Crippen molar-refractivity contribution in [3.8, 4) is 0 Å². The molecule has 2 aliphatic rings. The van der Waals surface area contributed by atoms with Crippen molar-refractivity contribution in [1.82, 2.24) is 9.88 Å². The first-order chi connectivity index (χ1) is 9.24. The molecule has 0 unspecified atom stereocenters. The van der Waals surface area contributed by atoms with Gasteiger partial charge in [-0.3, -0.25) is 9.78 Å². The Labute approximate surface area is 121 Å². The number of likely N-dealkylation sites (tertiary alicyclic amines) is 1. The summed E-state index contributed by atoms with van der Waals surface area (Å²) in [5.41, 5.74) is 1.17. The highest BCUT2D eigenvalue weighted by Crippen LogP contribution is 2.26. The second-order valence-electron chi connectivity index (χ2n) is 5.27. The van der Waals surface area contributed by atoms with E-state index in [1.54, 1.807) is 6.20 Å². The molecule has 0 aromatic carbocycles. The van der Waals surface area contributed by atoms with Gasteiger partial charge in [0.2, 0.25) is 5.91 Å². The smallest absolute Gasteiger partial charge is 0.222 e. The van der Waals surface area contributed by atoms with E-state index in [4.69, 9.17) is 0 Å². The SMILES string of the molecule is O=C1CCCN1C1CCN(c2cncc(Br)c2)CC1. The average Bonchev–Trinajstić information content (AvgIpc) is 2.85. The van der Waals surface area contributed by atoms with Crippen LogP contribution in [-0.4, -0.2) is 41.5 Å². The molecule has 2 aliphatic heterocycles. The zero-order valence-corrected chi connectivity index (χ0v) is 12.5. The Kier molecular flexibility index (Phi) is 3.73. The van der Waals surface area contributed by atoms with E-state index < -0.39 is 0 Å². The van der Waals surface area contributed by atoms with Gasteiger partial charge in [0.1, 0.15) is 0 Å². The van der Waals surface area contributed by atoms with Crippen LogP contribution in [-0.2, 0) is 4.79 Å². The minimum atomic E-state index is 0.350. The molecule has 1 aromatic rings. The van der Waals surface area contributed by atoms with E-state index >= 15 is 0 Å². The van der Waals surface area contributed by atoms with E-state index in [0.29, 0.717) is 11.9 Å². The second kappa shape index (κ2) is 5.49. The molecule has 0 N–H and O–H groups in total. The molecule has 0 spiro atoms. The number of carbonyl (C=O) groups is 1. The zero-order chi connectivity index (χ0) is 13.2. The minimum Gasteiger partial charge on any atom is -0.370 e. The van der Waals surface area contributed by atoms with E-state index in [9.17, 15) is 4.79 Å². The van der Waals surface area contributed by atoms with Crippen LogP contribution < -0.4 is 4.90 Å². The van der Waals surface area contributed by atoms with Crippen LogP contribution >= 0.6 is 15.9 Å². The maximum Gasteiger partial charge on any atom is 0.222 e. The molecule has 19 heavy (non-hydrogen) atoms. The van der Waals surface area contributed by atoms with E-state index in [-0.39, 0.29) is 0 Å². The number of carbonyl (C=O) groups excluding carboxylic acids is 1. The Bertz CT molecular complexity index is 472. The summed E-state index contributed by atoms with van der Waals surface area (Å²) in [6.07, 6.45) is 7.63. The maximum atomic E-state index is 11.8. The summed E-state index contributed by atoms with van der Waals surface area (Å²) in [6.45, 7) is 2.97. The van der Waals surface area contributed by atoms with Gasteiger partial charge in [-0.15, -0.1) is 0 Å². The Morgan fingerprint density at radius 2 is 2.00 bits per heavy atom. The predicted octanol–water partition coefficient (Wildman–Crippen LogP) is 2.44. The molecule has 0 aliphatic carbocycles. The van der Waals surface area contributed by atoms with Crippen molar-refractivity contribution in [1.29, 1.82) is 0 Å². The molecule has 2 fully saturated rings. The molecule has 0 saturated carbocycles. The number of piperidine rings is 1. The number of rotatable bonds is 2. The van der Waals surface area contributed by atoms with Crippen molar-refractivity contribution in [2.45, 2.75) is 31.7 Å². The summed E-state index contributed by atoms with van der Waals surface area (Å²) >= 11 is 3.46. The van der Waals surface area contributed by atoms with E-state index in [1.165, 1.54) is 5.69 Å². The fourth-order valence-electron chi connectivity index (χ4n) is 3.06. The number of halogens is 1. The van der Waals surface area contributed by atoms with Crippen LogP contribution in [0.15, 0.2) is 22.9 Å². The summed E-state index contributed by atoms with van der Waals surface area (Å²) in [7, 11) is 0. The second-order valence-corrected chi connectivity index (χ2v) is 6.19. The summed E-state index contributed by atoms with van der Waals surface area (Å²) in [6, 6.07) is 2.56. The van der Waals surface area contributed by atoms with E-state index in [0.717, 1.165) is 49.8 Å². The van der Waals surface area contributed by atoms with Gasteiger partial charge in [0.15, 0.2) is 0 Å². The largest absolute Gasteiger partial charge is 0.370 e. The first kappa shape index (κ1) is 12.9. The number of amides is 1. The highest BCUT2D eigenvalue weighted by atomic mass is 79.9. The molecule has 4 nitrogen and oxygen atoms in total. The molecular weight excluding hydrogens is 306 g/mol. The zero-order valence-electron chi connectivity index (χ0n) is 10.9. The lowest BCUT2D eigenvalue weighted by molar-refractivity contribution is -0.130. The first-order valence-electron chi connectivity index (χ1n) is 6.89. The topological polar surface area (TPSA) is 36.4 Å². The van der Waals surface area contributed by atoms with Crippen molar-refractivity contribution < 1.29 is 4.79 Å². The third kappa shape index (κ3) is 2.76. The Balaban J connectivity index is 1.61. The van der Waals surface area contributed by atoms with Gasteiger partial charge < -0.3 is 9.80 Å². The first-order valence-corrected chi connectivity index (χ1v) is 7.68. The van der Waals surface area contributed by atoms with Gasteiger partial charge in [0, 0.05) is 42.8 Å². The fraction of sp³-hybridized carbons (Fsp3) is 0.571. The minimum absolute atomic E-state index is 0.350. The predicted molar refractivity (Wildman–Crippen MR) is 78.1 cm³/mol. The fourth-order valence-corrected chi connectivity index (χ4v) is 3.42. The molecule has 2 saturated heterocycles. The summed E-state index contributed by atoms with van der Waals surface area (Å²) in [4.78, 5) is 20.4. The highest BCUT2D eigenvalue weighted by Gasteiger charge is 2.30. The van der Waals surface area contributed by atoms with Gasteiger partial charge in [-0.25, -0.2) is 0 Å². The van der Waals surface area contributed by atoms with Crippen LogP contribution in [0, 0.1) is 0 Å². The highest BCUT2D eigenvalue weighted by molar-refractivity contribution is 9.10. The third-order valence-electron chi connectivity index (χ3n) is 4.07. The van der Waals surface area contributed by atoms with Crippen molar-refractivity contribution >= 4 is 27.5 Å². The standard InChI is InChI=1S/C14H18BrN3O/c15-11-8-13(10-16-9-11)17-6-3-12(4-7-17)18-5-1-2-14(18)19/h8-10,12H,1-7H2. The number of hydrogen-bond donors (Lipinski definition) is 0. The van der Waals surface area contributed by atoms with Gasteiger partial charge in [0.25, 0.3) is 0 Å². The number of pyridine rings is 1. The number of nitrogens with zero attached hydrogens (tertiary/aromatic N) is 3. The quantitative estimate of drug-likeness (QED) is 0.838. The third-order valence-corrected chi connectivity index (χ3v) is 4.50. The lowest BCUT2D eigenvalue weighted by Gasteiger charge is -2.37. The van der Waals surface area contributed by atoms with Gasteiger partial charge in [-0.1, -0.05) is 0 Å². The average molecular weight is 324 g/mol. The van der Waals surface area contributed by atoms with Crippen LogP contribution in [0.4, 0.5) is 5.69 Å². The Morgan fingerprint density at radius 3 is 2.63 bits per heavy atom. The number of hydrogen-bond acceptors (Lipinski definition) is 3. The number of aromatic nitrogens is 1. The monoisotopic (exact) mass is 323 g/mol. The van der Waals surface area contributed by atoms with Crippen LogP contribution in [0.5, 0.6) is 0 Å². The van der Waals surface area contributed by atoms with Crippen molar-refractivity contribution in [3.05, 3.63) is 22.9 Å². The van der Waals surface area contributed by atoms with Crippen molar-refractivity contribution in [2.24, 2.45) is 0 Å². The molecule has 0 atom stereocenters. The van der Waals surface area contributed by atoms with Gasteiger partial charge in [-0.05, 0) is 41.3 Å². The summed E-state index contributed by atoms with van der Waals surface area (Å²) in [5.74, 6) is 0.350. The molecule has 5 heteroatoms. The molecule has 1 amide bonds. The molecule has 3 rings (SSSR count). The van der Waals surface area contributed by atoms with E-state index in [2.05, 4.69) is 36.8 Å². The van der Waals surface area contributed by atoms with Gasteiger partial charge in [-0.2, -0.15) is 0 Å². The van der Waals surface area contributed by atoms with E-state index in [1.807, 2.05) is 6.20 Å². The number of anilines is 1. The van der Waals surface area contributed by atoms with Crippen molar-refractivity contribution in [2.75, 3.05) is 24.5 Å².